The average Bonchev–Trinajstić information content (AvgIpc) is 2.67. The number of rotatable bonds is 8. The highest BCUT2D eigenvalue weighted by Gasteiger charge is 2.16. The number of methoxy groups -OCH3 is 1. The number of benzene rings is 2. The molecule has 0 aliphatic heterocycles. The van der Waals surface area contributed by atoms with Gasteiger partial charge in [-0.3, -0.25) is 9.59 Å². The monoisotopic (exact) mass is 354 g/mol. The molecule has 0 atom stereocenters. The van der Waals surface area contributed by atoms with E-state index in [-0.39, 0.29) is 11.8 Å². The van der Waals surface area contributed by atoms with Crippen molar-refractivity contribution >= 4 is 17.5 Å². The summed E-state index contributed by atoms with van der Waals surface area (Å²) in [5, 5.41) is 2.83. The topological polar surface area (TPSA) is 58.6 Å². The van der Waals surface area contributed by atoms with E-state index in [4.69, 9.17) is 4.74 Å². The van der Waals surface area contributed by atoms with E-state index < -0.39 is 0 Å². The quantitative estimate of drug-likeness (QED) is 0.772. The van der Waals surface area contributed by atoms with Crippen molar-refractivity contribution in [2.45, 2.75) is 26.7 Å². The van der Waals surface area contributed by atoms with Crippen LogP contribution in [0.1, 0.15) is 47.4 Å². The van der Waals surface area contributed by atoms with Gasteiger partial charge in [-0.15, -0.1) is 0 Å². The van der Waals surface area contributed by atoms with Crippen LogP contribution in [0.3, 0.4) is 0 Å². The van der Waals surface area contributed by atoms with E-state index in [1.54, 1.807) is 43.5 Å². The molecule has 0 heterocycles. The maximum absolute atomic E-state index is 12.7. The standard InChI is InChI=1S/C21H26N2O3/c1-4-12-23(13-5-2)21(25)17-9-6-8-16(14-17)20(24)22-18-10-7-11-19(15-18)26-3/h6-11,14-15H,4-5,12-13H2,1-3H3,(H,22,24). The summed E-state index contributed by atoms with van der Waals surface area (Å²) < 4.78 is 5.16. The normalized spacial score (nSPS) is 10.3. The summed E-state index contributed by atoms with van der Waals surface area (Å²) in [5.41, 5.74) is 1.63. The van der Waals surface area contributed by atoms with Crippen molar-refractivity contribution in [2.24, 2.45) is 0 Å². The fraction of sp³-hybridized carbons (Fsp3) is 0.333. The highest BCUT2D eigenvalue weighted by molar-refractivity contribution is 6.06. The molecule has 5 heteroatoms. The second-order valence-electron chi connectivity index (χ2n) is 6.06. The van der Waals surface area contributed by atoms with Crippen LogP contribution in [0.15, 0.2) is 48.5 Å². The van der Waals surface area contributed by atoms with Crippen LogP contribution in [-0.4, -0.2) is 36.9 Å². The molecule has 2 aromatic rings. The van der Waals surface area contributed by atoms with Gasteiger partial charge >= 0.3 is 0 Å². The molecule has 0 fully saturated rings. The van der Waals surface area contributed by atoms with Gasteiger partial charge in [0.15, 0.2) is 0 Å². The summed E-state index contributed by atoms with van der Waals surface area (Å²) >= 11 is 0. The third kappa shape index (κ3) is 5.09. The minimum atomic E-state index is -0.259. The molecule has 5 nitrogen and oxygen atoms in total. The molecule has 0 aliphatic rings. The van der Waals surface area contributed by atoms with Crippen LogP contribution in [0.2, 0.25) is 0 Å². The molecule has 0 saturated heterocycles. The van der Waals surface area contributed by atoms with Crippen molar-refractivity contribution in [1.82, 2.24) is 4.90 Å². The van der Waals surface area contributed by atoms with E-state index in [0.29, 0.717) is 35.7 Å². The van der Waals surface area contributed by atoms with E-state index in [0.717, 1.165) is 12.8 Å². The molecule has 2 amide bonds. The van der Waals surface area contributed by atoms with Gasteiger partial charge in [0.1, 0.15) is 5.75 Å². The maximum Gasteiger partial charge on any atom is 0.255 e. The van der Waals surface area contributed by atoms with E-state index in [9.17, 15) is 9.59 Å². The van der Waals surface area contributed by atoms with Gasteiger partial charge < -0.3 is 15.0 Å². The number of nitrogens with zero attached hydrogens (tertiary/aromatic N) is 1. The van der Waals surface area contributed by atoms with E-state index in [1.807, 2.05) is 30.9 Å². The first-order chi connectivity index (χ1) is 12.6. The molecule has 0 radical (unpaired) electrons. The number of ether oxygens (including phenoxy) is 1. The Morgan fingerprint density at radius 1 is 0.962 bits per heavy atom. The smallest absolute Gasteiger partial charge is 0.255 e. The fourth-order valence-electron chi connectivity index (χ4n) is 2.73. The molecular weight excluding hydrogens is 328 g/mol. The summed E-state index contributed by atoms with van der Waals surface area (Å²) in [6, 6.07) is 14.0. The van der Waals surface area contributed by atoms with Crippen LogP contribution in [0, 0.1) is 0 Å². The van der Waals surface area contributed by atoms with Crippen LogP contribution < -0.4 is 10.1 Å². The van der Waals surface area contributed by atoms with Crippen molar-refractivity contribution in [3.05, 3.63) is 59.7 Å². The first-order valence-electron chi connectivity index (χ1n) is 8.93. The van der Waals surface area contributed by atoms with Gasteiger partial charge in [-0.05, 0) is 43.2 Å². The largest absolute Gasteiger partial charge is 0.497 e. The van der Waals surface area contributed by atoms with Crippen LogP contribution >= 0.6 is 0 Å². The van der Waals surface area contributed by atoms with Gasteiger partial charge in [-0.2, -0.15) is 0 Å². The predicted molar refractivity (Wildman–Crippen MR) is 104 cm³/mol. The Labute approximate surface area is 155 Å². The molecule has 1 N–H and O–H groups in total. The van der Waals surface area contributed by atoms with Crippen LogP contribution in [-0.2, 0) is 0 Å². The van der Waals surface area contributed by atoms with Crippen LogP contribution in [0.25, 0.3) is 0 Å². The van der Waals surface area contributed by atoms with Gasteiger partial charge in [0.25, 0.3) is 11.8 Å². The lowest BCUT2D eigenvalue weighted by Crippen LogP contribution is -2.32. The highest BCUT2D eigenvalue weighted by atomic mass is 16.5. The molecule has 2 aromatic carbocycles. The minimum Gasteiger partial charge on any atom is -0.497 e. The van der Waals surface area contributed by atoms with Gasteiger partial charge in [-0.1, -0.05) is 26.0 Å². The van der Waals surface area contributed by atoms with E-state index >= 15 is 0 Å². The van der Waals surface area contributed by atoms with E-state index in [2.05, 4.69) is 5.32 Å². The Balaban J connectivity index is 2.16. The van der Waals surface area contributed by atoms with Crippen molar-refractivity contribution in [3.63, 3.8) is 0 Å². The van der Waals surface area contributed by atoms with Crippen molar-refractivity contribution in [2.75, 3.05) is 25.5 Å². The first kappa shape index (κ1) is 19.5. The Hall–Kier alpha value is -2.82. The zero-order valence-electron chi connectivity index (χ0n) is 15.6. The van der Waals surface area contributed by atoms with Gasteiger partial charge in [0, 0.05) is 36.0 Å². The Bertz CT molecular complexity index is 752. The summed E-state index contributed by atoms with van der Waals surface area (Å²) in [7, 11) is 1.58. The van der Waals surface area contributed by atoms with Crippen molar-refractivity contribution in [1.29, 1.82) is 0 Å². The third-order valence-corrected chi connectivity index (χ3v) is 3.97. The van der Waals surface area contributed by atoms with Crippen LogP contribution in [0.5, 0.6) is 5.75 Å². The summed E-state index contributed by atoms with van der Waals surface area (Å²) in [4.78, 5) is 27.1. The number of hydrogen-bond acceptors (Lipinski definition) is 3. The molecule has 0 aromatic heterocycles. The molecule has 0 bridgehead atoms. The van der Waals surface area contributed by atoms with E-state index in [1.165, 1.54) is 0 Å². The predicted octanol–water partition coefficient (Wildman–Crippen LogP) is 4.21. The van der Waals surface area contributed by atoms with Crippen LogP contribution in [0.4, 0.5) is 5.69 Å². The maximum atomic E-state index is 12.7. The average molecular weight is 354 g/mol. The lowest BCUT2D eigenvalue weighted by atomic mass is 10.1. The number of hydrogen-bond donors (Lipinski definition) is 1. The van der Waals surface area contributed by atoms with Gasteiger partial charge in [0.05, 0.1) is 7.11 Å². The van der Waals surface area contributed by atoms with Crippen molar-refractivity contribution < 1.29 is 14.3 Å². The zero-order chi connectivity index (χ0) is 18.9. The number of nitrogens with one attached hydrogen (secondary N) is 1. The number of amides is 2. The third-order valence-electron chi connectivity index (χ3n) is 3.97. The lowest BCUT2D eigenvalue weighted by Gasteiger charge is -2.21. The Kier molecular flexibility index (Phi) is 7.21. The summed E-state index contributed by atoms with van der Waals surface area (Å²) in [6.07, 6.45) is 1.81. The van der Waals surface area contributed by atoms with Gasteiger partial charge in [0.2, 0.25) is 0 Å². The second-order valence-corrected chi connectivity index (χ2v) is 6.06. The number of carbonyl (C=O) groups excluding carboxylic acids is 2. The number of carbonyl (C=O) groups is 2. The summed E-state index contributed by atoms with van der Waals surface area (Å²) in [6.45, 7) is 5.53. The van der Waals surface area contributed by atoms with Crippen molar-refractivity contribution in [3.8, 4) is 5.75 Å². The molecular formula is C21H26N2O3. The molecule has 0 saturated carbocycles. The molecule has 2 rings (SSSR count). The molecule has 0 aliphatic carbocycles. The summed E-state index contributed by atoms with van der Waals surface area (Å²) in [5.74, 6) is 0.372. The minimum absolute atomic E-state index is 0.0373. The zero-order valence-corrected chi connectivity index (χ0v) is 15.6. The Morgan fingerprint density at radius 3 is 2.27 bits per heavy atom. The Morgan fingerprint density at radius 2 is 1.62 bits per heavy atom. The number of anilines is 1. The molecule has 0 unspecified atom stereocenters. The fourth-order valence-corrected chi connectivity index (χ4v) is 2.73. The lowest BCUT2D eigenvalue weighted by molar-refractivity contribution is 0.0755. The second kappa shape index (κ2) is 9.61. The molecule has 26 heavy (non-hydrogen) atoms. The van der Waals surface area contributed by atoms with Gasteiger partial charge in [-0.25, -0.2) is 0 Å². The molecule has 0 spiro atoms. The molecule has 138 valence electrons. The first-order valence-corrected chi connectivity index (χ1v) is 8.93. The highest BCUT2D eigenvalue weighted by Crippen LogP contribution is 2.18. The SMILES string of the molecule is CCCN(CCC)C(=O)c1cccc(C(=O)Nc2cccc(OC)c2)c1.